The second-order valence-electron chi connectivity index (χ2n) is 3.88. The van der Waals surface area contributed by atoms with Gasteiger partial charge in [0, 0.05) is 17.1 Å². The number of hydrogen-bond acceptors (Lipinski definition) is 3. The third kappa shape index (κ3) is 2.64. The summed E-state index contributed by atoms with van der Waals surface area (Å²) in [5.74, 6) is 3.96. The Bertz CT molecular complexity index is 574. The van der Waals surface area contributed by atoms with Crippen LogP contribution < -0.4 is 11.3 Å². The summed E-state index contributed by atoms with van der Waals surface area (Å²) in [6.45, 7) is 0. The van der Waals surface area contributed by atoms with Crippen LogP contribution >= 0.6 is 27.5 Å². The van der Waals surface area contributed by atoms with E-state index in [1.54, 1.807) is 7.05 Å². The number of hydrazine groups is 1. The normalized spacial score (nSPS) is 12.7. The standard InChI is InChI=1S/C11H10BrClF2N4/c1-19-11(6(13)4-17-19)10(18-16)9-7(14)2-5(12)3-8(9)15/h2-4,10,18H,16H2,1H3. The molecule has 1 unspecified atom stereocenters. The zero-order valence-corrected chi connectivity index (χ0v) is 12.1. The molecular weight excluding hydrogens is 342 g/mol. The maximum absolute atomic E-state index is 14.0. The summed E-state index contributed by atoms with van der Waals surface area (Å²) < 4.78 is 29.6. The number of nitrogens with two attached hydrogens (primary N) is 1. The molecule has 0 bridgehead atoms. The van der Waals surface area contributed by atoms with Crippen LogP contribution in [0.4, 0.5) is 8.78 Å². The molecule has 0 spiro atoms. The van der Waals surface area contributed by atoms with Gasteiger partial charge in [-0.25, -0.2) is 14.2 Å². The van der Waals surface area contributed by atoms with Crippen LogP contribution in [-0.4, -0.2) is 9.78 Å². The third-order valence-electron chi connectivity index (χ3n) is 2.71. The minimum atomic E-state index is -0.937. The highest BCUT2D eigenvalue weighted by Crippen LogP contribution is 2.31. The lowest BCUT2D eigenvalue weighted by molar-refractivity contribution is 0.492. The molecule has 19 heavy (non-hydrogen) atoms. The van der Waals surface area contributed by atoms with Crippen LogP contribution in [-0.2, 0) is 7.05 Å². The van der Waals surface area contributed by atoms with Crippen LogP contribution in [0.2, 0.25) is 5.02 Å². The van der Waals surface area contributed by atoms with Gasteiger partial charge in [0.2, 0.25) is 0 Å². The van der Waals surface area contributed by atoms with Crippen molar-refractivity contribution in [3.63, 3.8) is 0 Å². The molecule has 4 nitrogen and oxygen atoms in total. The maximum Gasteiger partial charge on any atom is 0.132 e. The molecule has 1 aromatic carbocycles. The summed E-state index contributed by atoms with van der Waals surface area (Å²) >= 11 is 8.99. The zero-order chi connectivity index (χ0) is 14.2. The molecule has 3 N–H and O–H groups in total. The highest BCUT2D eigenvalue weighted by Gasteiger charge is 2.26. The number of aryl methyl sites for hydroxylation is 1. The van der Waals surface area contributed by atoms with Crippen molar-refractivity contribution >= 4 is 27.5 Å². The highest BCUT2D eigenvalue weighted by molar-refractivity contribution is 9.10. The summed E-state index contributed by atoms with van der Waals surface area (Å²) in [6.07, 6.45) is 1.38. The lowest BCUT2D eigenvalue weighted by Crippen LogP contribution is -2.32. The van der Waals surface area contributed by atoms with E-state index in [1.165, 1.54) is 10.9 Å². The largest absolute Gasteiger partial charge is 0.271 e. The number of hydrogen-bond donors (Lipinski definition) is 2. The molecule has 0 fully saturated rings. The smallest absolute Gasteiger partial charge is 0.132 e. The van der Waals surface area contributed by atoms with E-state index in [9.17, 15) is 8.78 Å². The molecule has 0 aliphatic carbocycles. The topological polar surface area (TPSA) is 55.9 Å². The average molecular weight is 352 g/mol. The molecule has 102 valence electrons. The first kappa shape index (κ1) is 14.4. The first-order valence-corrected chi connectivity index (χ1v) is 6.40. The first-order chi connectivity index (χ1) is 8.95. The predicted molar refractivity (Wildman–Crippen MR) is 71.4 cm³/mol. The van der Waals surface area contributed by atoms with Gasteiger partial charge in [0.05, 0.1) is 23.0 Å². The molecule has 0 saturated carbocycles. The quantitative estimate of drug-likeness (QED) is 0.660. The molecular formula is C11H10BrClF2N4. The molecule has 1 heterocycles. The van der Waals surface area contributed by atoms with Crippen molar-refractivity contribution in [1.82, 2.24) is 15.2 Å². The molecule has 0 aliphatic heterocycles. The number of nitrogens with zero attached hydrogens (tertiary/aromatic N) is 2. The van der Waals surface area contributed by atoms with Crippen molar-refractivity contribution in [2.45, 2.75) is 6.04 Å². The molecule has 2 aromatic rings. The lowest BCUT2D eigenvalue weighted by atomic mass is 10.0. The molecule has 0 radical (unpaired) electrons. The highest BCUT2D eigenvalue weighted by atomic mass is 79.9. The van der Waals surface area contributed by atoms with Gasteiger partial charge in [-0.05, 0) is 12.1 Å². The van der Waals surface area contributed by atoms with E-state index in [2.05, 4.69) is 26.5 Å². The van der Waals surface area contributed by atoms with E-state index in [-0.39, 0.29) is 10.6 Å². The SMILES string of the molecule is Cn1ncc(Cl)c1C(NN)c1c(F)cc(Br)cc1F. The number of rotatable bonds is 3. The van der Waals surface area contributed by atoms with Crippen LogP contribution in [0.25, 0.3) is 0 Å². The maximum atomic E-state index is 14.0. The lowest BCUT2D eigenvalue weighted by Gasteiger charge is -2.19. The second kappa shape index (κ2) is 5.54. The molecule has 1 aromatic heterocycles. The fraction of sp³-hybridized carbons (Fsp3) is 0.182. The van der Waals surface area contributed by atoms with E-state index in [4.69, 9.17) is 17.4 Å². The Balaban J connectivity index is 2.61. The monoisotopic (exact) mass is 350 g/mol. The van der Waals surface area contributed by atoms with E-state index < -0.39 is 17.7 Å². The average Bonchev–Trinajstić information content (AvgIpc) is 2.64. The van der Waals surface area contributed by atoms with Crippen molar-refractivity contribution in [2.75, 3.05) is 0 Å². The van der Waals surface area contributed by atoms with Crippen molar-refractivity contribution in [2.24, 2.45) is 12.9 Å². The number of aromatic nitrogens is 2. The van der Waals surface area contributed by atoms with Crippen LogP contribution in [0.3, 0.4) is 0 Å². The molecule has 0 saturated heterocycles. The fourth-order valence-electron chi connectivity index (χ4n) is 1.87. The van der Waals surface area contributed by atoms with Gasteiger partial charge in [0.1, 0.15) is 11.6 Å². The fourth-order valence-corrected chi connectivity index (χ4v) is 2.55. The van der Waals surface area contributed by atoms with Gasteiger partial charge in [0.25, 0.3) is 0 Å². The minimum absolute atomic E-state index is 0.212. The van der Waals surface area contributed by atoms with Gasteiger partial charge in [0.15, 0.2) is 0 Å². The second-order valence-corrected chi connectivity index (χ2v) is 5.21. The van der Waals surface area contributed by atoms with E-state index in [1.807, 2.05) is 0 Å². The predicted octanol–water partition coefficient (Wildman–Crippen LogP) is 2.67. The molecule has 8 heteroatoms. The van der Waals surface area contributed by atoms with Crippen LogP contribution in [0.5, 0.6) is 0 Å². The van der Waals surface area contributed by atoms with E-state index >= 15 is 0 Å². The Morgan fingerprint density at radius 2 is 2.00 bits per heavy atom. The third-order valence-corrected chi connectivity index (χ3v) is 3.46. The Hall–Kier alpha value is -1.02. The number of halogens is 4. The van der Waals surface area contributed by atoms with Gasteiger partial charge in [-0.3, -0.25) is 10.5 Å². The summed E-state index contributed by atoms with van der Waals surface area (Å²) in [5.41, 5.74) is 2.53. The Labute approximate surface area is 121 Å². The van der Waals surface area contributed by atoms with Gasteiger partial charge < -0.3 is 0 Å². The van der Waals surface area contributed by atoms with Gasteiger partial charge >= 0.3 is 0 Å². The van der Waals surface area contributed by atoms with Crippen molar-refractivity contribution < 1.29 is 8.78 Å². The number of nitrogens with one attached hydrogen (secondary N) is 1. The van der Waals surface area contributed by atoms with Crippen LogP contribution in [0.1, 0.15) is 17.3 Å². The number of benzene rings is 1. The van der Waals surface area contributed by atoms with Crippen LogP contribution in [0, 0.1) is 11.6 Å². The zero-order valence-electron chi connectivity index (χ0n) is 9.79. The van der Waals surface area contributed by atoms with E-state index in [0.717, 1.165) is 12.1 Å². The summed E-state index contributed by atoms with van der Waals surface area (Å²) in [4.78, 5) is 0. The Morgan fingerprint density at radius 3 is 2.42 bits per heavy atom. The van der Waals surface area contributed by atoms with Crippen LogP contribution in [0.15, 0.2) is 22.8 Å². The van der Waals surface area contributed by atoms with Gasteiger partial charge in [-0.15, -0.1) is 0 Å². The first-order valence-electron chi connectivity index (χ1n) is 5.23. The van der Waals surface area contributed by atoms with E-state index in [0.29, 0.717) is 10.2 Å². The van der Waals surface area contributed by atoms with Crippen molar-refractivity contribution in [1.29, 1.82) is 0 Å². The molecule has 2 rings (SSSR count). The summed E-state index contributed by atoms with van der Waals surface area (Å²) in [5, 5.41) is 4.19. The Kier molecular flexibility index (Phi) is 4.19. The van der Waals surface area contributed by atoms with Crippen molar-refractivity contribution in [3.05, 3.63) is 50.7 Å². The molecule has 0 amide bonds. The Morgan fingerprint density at radius 1 is 1.42 bits per heavy atom. The van der Waals surface area contributed by atoms with Crippen molar-refractivity contribution in [3.8, 4) is 0 Å². The summed E-state index contributed by atoms with van der Waals surface area (Å²) in [7, 11) is 1.61. The van der Waals surface area contributed by atoms with Gasteiger partial charge in [-0.1, -0.05) is 27.5 Å². The summed E-state index contributed by atoms with van der Waals surface area (Å²) in [6, 6.07) is 1.38. The van der Waals surface area contributed by atoms with Gasteiger partial charge in [-0.2, -0.15) is 5.10 Å². The molecule has 0 aliphatic rings. The minimum Gasteiger partial charge on any atom is -0.271 e. The molecule has 1 atom stereocenters.